The molecule has 2 saturated carbocycles. The Hall–Kier alpha value is -1.66. The maximum atomic E-state index is 12.2. The van der Waals surface area contributed by atoms with Crippen LogP contribution in [0.1, 0.15) is 67.2 Å². The molecule has 6 nitrogen and oxygen atoms in total. The van der Waals surface area contributed by atoms with E-state index in [0.29, 0.717) is 31.3 Å². The Labute approximate surface area is 179 Å². The summed E-state index contributed by atoms with van der Waals surface area (Å²) in [5, 5.41) is 22.5. The van der Waals surface area contributed by atoms with Gasteiger partial charge in [0.2, 0.25) is 0 Å². The van der Waals surface area contributed by atoms with Crippen LogP contribution in [0.2, 0.25) is 0 Å². The van der Waals surface area contributed by atoms with Crippen molar-refractivity contribution in [2.45, 2.75) is 91.6 Å². The molecule has 0 radical (unpaired) electrons. The lowest BCUT2D eigenvalue weighted by molar-refractivity contribution is -0.176. The number of carbonyl (C=O) groups is 2. The normalized spacial score (nSPS) is 40.7. The van der Waals surface area contributed by atoms with Gasteiger partial charge in [0.05, 0.1) is 12.2 Å². The minimum absolute atomic E-state index is 0.340. The summed E-state index contributed by atoms with van der Waals surface area (Å²) in [6.45, 7) is 15.1. The Bertz CT molecular complexity index is 781. The molecule has 0 aromatic carbocycles. The van der Waals surface area contributed by atoms with Crippen LogP contribution in [0.15, 0.2) is 23.3 Å². The van der Waals surface area contributed by atoms with E-state index < -0.39 is 47.1 Å². The lowest BCUT2D eigenvalue weighted by atomic mass is 9.50. The van der Waals surface area contributed by atoms with Gasteiger partial charge in [0.15, 0.2) is 0 Å². The summed E-state index contributed by atoms with van der Waals surface area (Å²) in [4.78, 5) is 23.8. The van der Waals surface area contributed by atoms with E-state index >= 15 is 0 Å². The topological polar surface area (TPSA) is 93.1 Å². The number of carbonyl (C=O) groups excluding carboxylic acids is 2. The van der Waals surface area contributed by atoms with Crippen molar-refractivity contribution in [2.24, 2.45) is 22.7 Å². The Balaban J connectivity index is 2.19. The molecule has 3 rings (SSSR count). The van der Waals surface area contributed by atoms with Crippen LogP contribution in [-0.2, 0) is 19.1 Å². The number of rotatable bonds is 2. The second-order valence-corrected chi connectivity index (χ2v) is 10.4. The van der Waals surface area contributed by atoms with E-state index in [0.717, 1.165) is 11.1 Å². The first-order chi connectivity index (χ1) is 13.8. The summed E-state index contributed by atoms with van der Waals surface area (Å²) in [6.07, 6.45) is -0.224. The van der Waals surface area contributed by atoms with Gasteiger partial charge < -0.3 is 19.7 Å². The molecule has 30 heavy (non-hydrogen) atoms. The van der Waals surface area contributed by atoms with Crippen LogP contribution in [-0.4, -0.2) is 46.6 Å². The fraction of sp³-hybridized carbons (Fsp3) is 0.750. The third kappa shape index (κ3) is 3.73. The van der Waals surface area contributed by atoms with Crippen LogP contribution < -0.4 is 0 Å². The zero-order valence-corrected chi connectivity index (χ0v) is 19.0. The van der Waals surface area contributed by atoms with Crippen molar-refractivity contribution >= 4 is 11.9 Å². The summed E-state index contributed by atoms with van der Waals surface area (Å²) in [7, 11) is 0. The van der Waals surface area contributed by atoms with E-state index in [9.17, 15) is 19.8 Å². The SMILES string of the molecule is C=C1[C@@H](OC(C)=O)CC[C@@]2(C)C[C@H](O)C3=C(C)C[C@H](O)[C@@H]([C@@H](OC(C)=O)[C@H]12)C3(C)C. The van der Waals surface area contributed by atoms with Crippen molar-refractivity contribution < 1.29 is 29.3 Å². The second kappa shape index (κ2) is 7.79. The first kappa shape index (κ1) is 23.0. The summed E-state index contributed by atoms with van der Waals surface area (Å²) in [5.74, 6) is -1.54. The minimum atomic E-state index is -0.718. The van der Waals surface area contributed by atoms with Crippen LogP contribution in [0.4, 0.5) is 0 Å². The van der Waals surface area contributed by atoms with Crippen molar-refractivity contribution in [3.05, 3.63) is 23.3 Å². The van der Waals surface area contributed by atoms with Gasteiger partial charge in [-0.2, -0.15) is 0 Å². The summed E-state index contributed by atoms with van der Waals surface area (Å²) in [6, 6.07) is 0. The van der Waals surface area contributed by atoms with Crippen molar-refractivity contribution in [1.82, 2.24) is 0 Å². The van der Waals surface area contributed by atoms with Gasteiger partial charge in [-0.15, -0.1) is 0 Å². The molecule has 0 saturated heterocycles. The fourth-order valence-corrected chi connectivity index (χ4v) is 6.81. The van der Waals surface area contributed by atoms with Crippen LogP contribution >= 0.6 is 0 Å². The Morgan fingerprint density at radius 1 is 1.10 bits per heavy atom. The highest BCUT2D eigenvalue weighted by Crippen LogP contribution is 2.59. The molecule has 0 heterocycles. The Kier molecular flexibility index (Phi) is 5.98. The average molecular weight is 421 g/mol. The van der Waals surface area contributed by atoms with Gasteiger partial charge in [-0.05, 0) is 54.6 Å². The van der Waals surface area contributed by atoms with Crippen LogP contribution in [0.5, 0.6) is 0 Å². The van der Waals surface area contributed by atoms with E-state index in [1.54, 1.807) is 0 Å². The predicted octanol–water partition coefficient (Wildman–Crippen LogP) is 3.31. The van der Waals surface area contributed by atoms with Crippen molar-refractivity contribution in [3.8, 4) is 0 Å². The number of aliphatic hydroxyl groups excluding tert-OH is 2. The molecular formula is C24H36O6. The first-order valence-electron chi connectivity index (χ1n) is 10.9. The molecule has 0 aromatic heterocycles. The highest BCUT2D eigenvalue weighted by atomic mass is 16.6. The number of fused-ring (bicyclic) bond motifs is 3. The molecule has 0 spiro atoms. The van der Waals surface area contributed by atoms with E-state index in [2.05, 4.69) is 13.5 Å². The number of hydrogen-bond acceptors (Lipinski definition) is 6. The zero-order valence-electron chi connectivity index (χ0n) is 19.0. The largest absolute Gasteiger partial charge is 0.461 e. The maximum Gasteiger partial charge on any atom is 0.303 e. The molecule has 0 unspecified atom stereocenters. The molecule has 6 heteroatoms. The molecule has 0 aliphatic heterocycles. The third-order valence-electron chi connectivity index (χ3n) is 7.74. The lowest BCUT2D eigenvalue weighted by Crippen LogP contribution is -2.59. The van der Waals surface area contributed by atoms with Crippen LogP contribution in [0.25, 0.3) is 0 Å². The summed E-state index contributed by atoms with van der Waals surface area (Å²) >= 11 is 0. The smallest absolute Gasteiger partial charge is 0.303 e. The van der Waals surface area contributed by atoms with E-state index in [1.165, 1.54) is 13.8 Å². The Morgan fingerprint density at radius 2 is 1.70 bits per heavy atom. The minimum Gasteiger partial charge on any atom is -0.461 e. The lowest BCUT2D eigenvalue weighted by Gasteiger charge is -2.58. The molecule has 3 aliphatic carbocycles. The van der Waals surface area contributed by atoms with Crippen molar-refractivity contribution in [2.75, 3.05) is 0 Å². The van der Waals surface area contributed by atoms with Crippen LogP contribution in [0, 0.1) is 22.7 Å². The molecule has 3 aliphatic rings. The summed E-state index contributed by atoms with van der Waals surface area (Å²) < 4.78 is 11.5. The third-order valence-corrected chi connectivity index (χ3v) is 7.74. The van der Waals surface area contributed by atoms with Crippen LogP contribution in [0.3, 0.4) is 0 Å². The highest BCUT2D eigenvalue weighted by Gasteiger charge is 2.59. The van der Waals surface area contributed by atoms with Crippen molar-refractivity contribution in [3.63, 3.8) is 0 Å². The molecular weight excluding hydrogens is 384 g/mol. The first-order valence-corrected chi connectivity index (χ1v) is 10.9. The number of hydrogen-bond donors (Lipinski definition) is 2. The average Bonchev–Trinajstić information content (AvgIpc) is 2.54. The standard InChI is InChI=1S/C24H36O6/c1-12-10-16(27)21-22(30-15(4)26)20-13(2)18(29-14(3)25)8-9-24(20,7)11-17(28)19(12)23(21,5)6/h16-18,20-22,27-28H,2,8-11H2,1,3-7H3/t16-,17-,18-,20-,21-,22-,24-/m0/s1. The molecule has 2 bridgehead atoms. The maximum absolute atomic E-state index is 12.2. The van der Waals surface area contributed by atoms with Gasteiger partial charge in [0.1, 0.15) is 12.2 Å². The molecule has 168 valence electrons. The number of esters is 2. The predicted molar refractivity (Wildman–Crippen MR) is 112 cm³/mol. The van der Waals surface area contributed by atoms with Gasteiger partial charge in [0.25, 0.3) is 0 Å². The van der Waals surface area contributed by atoms with Crippen molar-refractivity contribution in [1.29, 1.82) is 0 Å². The van der Waals surface area contributed by atoms with E-state index in [4.69, 9.17) is 9.47 Å². The number of aliphatic hydroxyl groups is 2. The monoisotopic (exact) mass is 420 g/mol. The quantitative estimate of drug-likeness (QED) is 0.526. The van der Waals surface area contributed by atoms with Gasteiger partial charge in [-0.25, -0.2) is 0 Å². The summed E-state index contributed by atoms with van der Waals surface area (Å²) in [5.41, 5.74) is 1.67. The van der Waals surface area contributed by atoms with Gasteiger partial charge in [-0.3, -0.25) is 9.59 Å². The molecule has 0 aromatic rings. The molecule has 2 N–H and O–H groups in total. The fourth-order valence-electron chi connectivity index (χ4n) is 6.81. The van der Waals surface area contributed by atoms with Gasteiger partial charge in [-0.1, -0.05) is 32.9 Å². The second-order valence-electron chi connectivity index (χ2n) is 10.4. The van der Waals surface area contributed by atoms with E-state index in [1.807, 2.05) is 20.8 Å². The Morgan fingerprint density at radius 3 is 2.27 bits per heavy atom. The van der Waals surface area contributed by atoms with Gasteiger partial charge >= 0.3 is 11.9 Å². The zero-order chi connectivity index (χ0) is 22.6. The van der Waals surface area contributed by atoms with Gasteiger partial charge in [0, 0.05) is 25.7 Å². The highest BCUT2D eigenvalue weighted by molar-refractivity contribution is 5.67. The van der Waals surface area contributed by atoms with E-state index in [-0.39, 0.29) is 11.9 Å². The molecule has 0 amide bonds. The molecule has 7 atom stereocenters. The molecule has 2 fully saturated rings. The number of ether oxygens (including phenoxy) is 2.